The summed E-state index contributed by atoms with van der Waals surface area (Å²) in [4.78, 5) is 0. The fourth-order valence-corrected chi connectivity index (χ4v) is 5.45. The first-order chi connectivity index (χ1) is 9.84. The van der Waals surface area contributed by atoms with Crippen LogP contribution in [0.2, 0.25) is 0 Å². The smallest absolute Gasteiger partial charge is 0.150 e. The first-order valence-corrected chi connectivity index (χ1v) is 10.1. The Morgan fingerprint density at radius 2 is 2.24 bits per heavy atom. The van der Waals surface area contributed by atoms with E-state index in [9.17, 15) is 8.42 Å². The Morgan fingerprint density at radius 1 is 1.52 bits per heavy atom. The maximum absolute atomic E-state index is 11.7. The van der Waals surface area contributed by atoms with Crippen molar-refractivity contribution in [2.24, 2.45) is 5.92 Å². The topological polar surface area (TPSA) is 64.0 Å². The van der Waals surface area contributed by atoms with E-state index in [0.29, 0.717) is 11.5 Å². The molecule has 1 aromatic heterocycles. The maximum atomic E-state index is 11.7. The van der Waals surface area contributed by atoms with Gasteiger partial charge in [-0.05, 0) is 55.1 Å². The first kappa shape index (κ1) is 17.0. The van der Waals surface area contributed by atoms with Crippen LogP contribution in [0.5, 0.6) is 0 Å². The number of nitrogens with zero attached hydrogens (tertiary/aromatic N) is 2. The summed E-state index contributed by atoms with van der Waals surface area (Å²) in [5.74, 6) is 0.894. The van der Waals surface area contributed by atoms with E-state index in [2.05, 4.69) is 47.1 Å². The molecule has 0 spiro atoms. The molecule has 0 aliphatic carbocycles. The molecule has 1 aliphatic rings. The van der Waals surface area contributed by atoms with Crippen molar-refractivity contribution in [3.8, 4) is 0 Å². The van der Waals surface area contributed by atoms with Gasteiger partial charge in [-0.15, -0.1) is 0 Å². The molecule has 1 aliphatic heterocycles. The van der Waals surface area contributed by atoms with Crippen LogP contribution < -0.4 is 5.32 Å². The van der Waals surface area contributed by atoms with E-state index < -0.39 is 9.84 Å². The molecule has 1 aromatic rings. The highest BCUT2D eigenvalue weighted by molar-refractivity contribution is 9.10. The van der Waals surface area contributed by atoms with Crippen LogP contribution in [-0.2, 0) is 9.84 Å². The molecule has 2 rings (SSSR count). The highest BCUT2D eigenvalue weighted by atomic mass is 79.9. The highest BCUT2D eigenvalue weighted by Gasteiger charge is 2.31. The minimum Gasteiger partial charge on any atom is -0.309 e. The second-order valence-electron chi connectivity index (χ2n) is 6.03. The molecule has 0 amide bonds. The van der Waals surface area contributed by atoms with Gasteiger partial charge in [-0.1, -0.05) is 6.92 Å². The zero-order valence-electron chi connectivity index (χ0n) is 12.8. The van der Waals surface area contributed by atoms with Crippen LogP contribution in [0.3, 0.4) is 0 Å². The molecule has 2 heterocycles. The summed E-state index contributed by atoms with van der Waals surface area (Å²) < 4.78 is 26.3. The van der Waals surface area contributed by atoms with Gasteiger partial charge in [0.15, 0.2) is 9.84 Å². The molecule has 1 saturated heterocycles. The van der Waals surface area contributed by atoms with Gasteiger partial charge in [-0.2, -0.15) is 5.10 Å². The Kier molecular flexibility index (Phi) is 5.48. The number of sulfone groups is 1. The molecule has 1 fully saturated rings. The standard InChI is InChI=1S/C14H24BrN3O2S/c1-4-16-13(7-11-5-6-21(19,20)9-11)14-12(15)8-17-18(14)10(2)3/h8,10-11,13,16H,4-7,9H2,1-3H3. The third kappa shape index (κ3) is 4.07. The van der Waals surface area contributed by atoms with Crippen LogP contribution in [0.4, 0.5) is 0 Å². The number of nitrogens with one attached hydrogen (secondary N) is 1. The second-order valence-corrected chi connectivity index (χ2v) is 9.11. The third-order valence-corrected chi connectivity index (χ3v) is 6.40. The summed E-state index contributed by atoms with van der Waals surface area (Å²) in [5, 5.41) is 7.92. The molecule has 0 radical (unpaired) electrons. The summed E-state index contributed by atoms with van der Waals surface area (Å²) in [5.41, 5.74) is 1.12. The van der Waals surface area contributed by atoms with E-state index in [-0.39, 0.29) is 18.0 Å². The van der Waals surface area contributed by atoms with Crippen LogP contribution >= 0.6 is 15.9 Å². The minimum absolute atomic E-state index is 0.132. The largest absolute Gasteiger partial charge is 0.309 e. The van der Waals surface area contributed by atoms with Gasteiger partial charge in [-0.25, -0.2) is 8.42 Å². The van der Waals surface area contributed by atoms with Gasteiger partial charge in [0.2, 0.25) is 0 Å². The molecule has 0 bridgehead atoms. The monoisotopic (exact) mass is 377 g/mol. The van der Waals surface area contributed by atoms with E-state index in [0.717, 1.165) is 29.6 Å². The van der Waals surface area contributed by atoms with Crippen molar-refractivity contribution in [1.29, 1.82) is 0 Å². The van der Waals surface area contributed by atoms with Gasteiger partial charge in [0.1, 0.15) is 0 Å². The number of halogens is 1. The van der Waals surface area contributed by atoms with Gasteiger partial charge in [-0.3, -0.25) is 4.68 Å². The summed E-state index contributed by atoms with van der Waals surface area (Å²) in [7, 11) is -2.82. The predicted octanol–water partition coefficient (Wildman–Crippen LogP) is 2.70. The van der Waals surface area contributed by atoms with Crippen molar-refractivity contribution >= 4 is 25.8 Å². The van der Waals surface area contributed by atoms with Crippen molar-refractivity contribution in [2.45, 2.75) is 45.7 Å². The van der Waals surface area contributed by atoms with Gasteiger partial charge in [0.05, 0.1) is 33.9 Å². The second kappa shape index (κ2) is 6.79. The molecule has 7 heteroatoms. The number of hydrogen-bond acceptors (Lipinski definition) is 4. The van der Waals surface area contributed by atoms with E-state index in [1.54, 1.807) is 0 Å². The van der Waals surface area contributed by atoms with Crippen molar-refractivity contribution in [1.82, 2.24) is 15.1 Å². The van der Waals surface area contributed by atoms with Crippen LogP contribution in [0, 0.1) is 5.92 Å². The number of rotatable bonds is 6. The highest BCUT2D eigenvalue weighted by Crippen LogP contribution is 2.33. The summed E-state index contributed by atoms with van der Waals surface area (Å²) in [6.07, 6.45) is 3.44. The molecule has 21 heavy (non-hydrogen) atoms. The molecule has 0 aromatic carbocycles. The quantitative estimate of drug-likeness (QED) is 0.827. The molecule has 1 N–H and O–H groups in total. The summed E-state index contributed by atoms with van der Waals surface area (Å²) >= 11 is 3.59. The predicted molar refractivity (Wildman–Crippen MR) is 88.1 cm³/mol. The summed E-state index contributed by atoms with van der Waals surface area (Å²) in [6.45, 7) is 7.13. The lowest BCUT2D eigenvalue weighted by atomic mass is 9.97. The van der Waals surface area contributed by atoms with E-state index in [4.69, 9.17) is 0 Å². The zero-order chi connectivity index (χ0) is 15.6. The minimum atomic E-state index is -2.82. The van der Waals surface area contributed by atoms with Gasteiger partial charge in [0.25, 0.3) is 0 Å². The van der Waals surface area contributed by atoms with Crippen LogP contribution in [0.25, 0.3) is 0 Å². The Morgan fingerprint density at radius 3 is 2.76 bits per heavy atom. The van der Waals surface area contributed by atoms with Gasteiger partial charge >= 0.3 is 0 Å². The average molecular weight is 378 g/mol. The fourth-order valence-electron chi connectivity index (χ4n) is 3.02. The Bertz CT molecular complexity index is 583. The van der Waals surface area contributed by atoms with Crippen LogP contribution in [0.1, 0.15) is 51.4 Å². The third-order valence-electron chi connectivity index (χ3n) is 3.95. The Hall–Kier alpha value is -0.400. The van der Waals surface area contributed by atoms with E-state index in [1.165, 1.54) is 0 Å². The van der Waals surface area contributed by atoms with Crippen LogP contribution in [0.15, 0.2) is 10.7 Å². The van der Waals surface area contributed by atoms with Crippen LogP contribution in [-0.4, -0.2) is 36.2 Å². The van der Waals surface area contributed by atoms with E-state index in [1.807, 2.05) is 10.9 Å². The van der Waals surface area contributed by atoms with Gasteiger partial charge < -0.3 is 5.32 Å². The normalized spacial score (nSPS) is 22.8. The molecular weight excluding hydrogens is 354 g/mol. The Balaban J connectivity index is 2.21. The maximum Gasteiger partial charge on any atom is 0.150 e. The average Bonchev–Trinajstić information content (AvgIpc) is 2.92. The lowest BCUT2D eigenvalue weighted by molar-refractivity contribution is 0.383. The SMILES string of the molecule is CCNC(CC1CCS(=O)(=O)C1)c1c(Br)cnn1C(C)C. The first-order valence-electron chi connectivity index (χ1n) is 7.50. The van der Waals surface area contributed by atoms with Crippen molar-refractivity contribution in [3.63, 3.8) is 0 Å². The zero-order valence-corrected chi connectivity index (χ0v) is 15.2. The molecular formula is C14H24BrN3O2S. The van der Waals surface area contributed by atoms with Crippen molar-refractivity contribution in [3.05, 3.63) is 16.4 Å². The Labute approximate surface area is 135 Å². The van der Waals surface area contributed by atoms with E-state index >= 15 is 0 Å². The van der Waals surface area contributed by atoms with Crippen molar-refractivity contribution < 1.29 is 8.42 Å². The fraction of sp³-hybridized carbons (Fsp3) is 0.786. The molecule has 5 nitrogen and oxygen atoms in total. The van der Waals surface area contributed by atoms with Crippen molar-refractivity contribution in [2.75, 3.05) is 18.1 Å². The lowest BCUT2D eigenvalue weighted by Gasteiger charge is -2.24. The molecule has 2 atom stereocenters. The summed E-state index contributed by atoms with van der Waals surface area (Å²) in [6, 6.07) is 0.410. The number of aromatic nitrogens is 2. The number of hydrogen-bond donors (Lipinski definition) is 1. The van der Waals surface area contributed by atoms with Gasteiger partial charge in [0, 0.05) is 6.04 Å². The molecule has 2 unspecified atom stereocenters. The molecule has 120 valence electrons. The lowest BCUT2D eigenvalue weighted by Crippen LogP contribution is -2.27. The molecule has 0 saturated carbocycles.